The monoisotopic (exact) mass is 281 g/mol. The molecule has 1 aromatic rings. The Hall–Kier alpha value is -1.10. The summed E-state index contributed by atoms with van der Waals surface area (Å²) in [7, 11) is 0. The molecule has 4 nitrogen and oxygen atoms in total. The Kier molecular flexibility index (Phi) is 8.26. The molecule has 0 unspecified atom stereocenters. The molecule has 0 fully saturated rings. The van der Waals surface area contributed by atoms with E-state index in [1.165, 1.54) is 0 Å². The van der Waals surface area contributed by atoms with Crippen molar-refractivity contribution >= 4 is 5.69 Å². The maximum Gasteiger partial charge on any atom is 0.0684 e. The summed E-state index contributed by atoms with van der Waals surface area (Å²) in [5, 5.41) is 9.24. The number of rotatable bonds is 10. The Bertz CT molecular complexity index is 372. The number of aliphatic hydroxyl groups is 1. The molecule has 0 aliphatic carbocycles. The fraction of sp³-hybridized carbons (Fsp3) is 0.625. The van der Waals surface area contributed by atoms with Gasteiger partial charge in [-0.1, -0.05) is 6.07 Å². The number of aryl methyl sites for hydroxylation is 1. The molecule has 1 rings (SSSR count). The first-order chi connectivity index (χ1) is 9.72. The average molecular weight is 281 g/mol. The van der Waals surface area contributed by atoms with Crippen LogP contribution in [0.5, 0.6) is 0 Å². The number of anilines is 1. The molecular weight excluding hydrogens is 254 g/mol. The molecule has 0 radical (unpaired) electrons. The van der Waals surface area contributed by atoms with Crippen molar-refractivity contribution in [2.45, 2.75) is 27.4 Å². The molecule has 0 heterocycles. The zero-order valence-corrected chi connectivity index (χ0v) is 12.9. The van der Waals surface area contributed by atoms with Gasteiger partial charge in [0.05, 0.1) is 19.8 Å². The van der Waals surface area contributed by atoms with Crippen molar-refractivity contribution in [2.75, 3.05) is 44.4 Å². The minimum atomic E-state index is 0.0873. The average Bonchev–Trinajstić information content (AvgIpc) is 2.46. The number of hydrogen-bond acceptors (Lipinski definition) is 4. The van der Waals surface area contributed by atoms with Crippen LogP contribution in [0.25, 0.3) is 0 Å². The standard InChI is InChI=1S/C16H27NO3/c1-4-19-10-8-17(9-11-20-5-2)16-7-6-15(13-18)14(3)12-16/h6-7,12,18H,4-5,8-11,13H2,1-3H3. The number of ether oxygens (including phenoxy) is 2. The van der Waals surface area contributed by atoms with Crippen LogP contribution in [0, 0.1) is 6.92 Å². The zero-order valence-electron chi connectivity index (χ0n) is 12.9. The van der Waals surface area contributed by atoms with Crippen molar-refractivity contribution in [3.8, 4) is 0 Å². The van der Waals surface area contributed by atoms with E-state index in [0.717, 1.165) is 43.1 Å². The van der Waals surface area contributed by atoms with E-state index in [4.69, 9.17) is 9.47 Å². The van der Waals surface area contributed by atoms with Gasteiger partial charge in [0.2, 0.25) is 0 Å². The van der Waals surface area contributed by atoms with Gasteiger partial charge in [-0.15, -0.1) is 0 Å². The lowest BCUT2D eigenvalue weighted by Crippen LogP contribution is -2.31. The van der Waals surface area contributed by atoms with Crippen LogP contribution in [0.4, 0.5) is 5.69 Å². The van der Waals surface area contributed by atoms with E-state index in [1.807, 2.05) is 26.8 Å². The second-order valence-electron chi connectivity index (χ2n) is 4.65. The van der Waals surface area contributed by atoms with Gasteiger partial charge >= 0.3 is 0 Å². The van der Waals surface area contributed by atoms with E-state index in [9.17, 15) is 5.11 Å². The normalized spacial score (nSPS) is 10.8. The topological polar surface area (TPSA) is 41.9 Å². The Labute approximate surface area is 122 Å². The Morgan fingerprint density at radius 2 is 1.65 bits per heavy atom. The molecule has 0 atom stereocenters. The van der Waals surface area contributed by atoms with Crippen molar-refractivity contribution in [2.24, 2.45) is 0 Å². The van der Waals surface area contributed by atoms with Gasteiger partial charge in [0, 0.05) is 32.0 Å². The minimum absolute atomic E-state index is 0.0873. The Balaban J connectivity index is 2.71. The lowest BCUT2D eigenvalue weighted by molar-refractivity contribution is 0.141. The van der Waals surface area contributed by atoms with Crippen LogP contribution < -0.4 is 4.90 Å². The molecule has 0 saturated carbocycles. The molecular formula is C16H27NO3. The summed E-state index contributed by atoms with van der Waals surface area (Å²) in [5.41, 5.74) is 3.24. The second-order valence-corrected chi connectivity index (χ2v) is 4.65. The lowest BCUT2D eigenvalue weighted by Gasteiger charge is -2.25. The van der Waals surface area contributed by atoms with Gasteiger partial charge in [-0.25, -0.2) is 0 Å². The zero-order chi connectivity index (χ0) is 14.8. The highest BCUT2D eigenvalue weighted by Crippen LogP contribution is 2.19. The number of benzene rings is 1. The van der Waals surface area contributed by atoms with Gasteiger partial charge in [-0.3, -0.25) is 0 Å². The molecule has 4 heteroatoms. The summed E-state index contributed by atoms with van der Waals surface area (Å²) in [6.07, 6.45) is 0. The minimum Gasteiger partial charge on any atom is -0.392 e. The molecule has 0 aliphatic heterocycles. The highest BCUT2D eigenvalue weighted by atomic mass is 16.5. The van der Waals surface area contributed by atoms with E-state index in [0.29, 0.717) is 13.2 Å². The smallest absolute Gasteiger partial charge is 0.0684 e. The largest absolute Gasteiger partial charge is 0.392 e. The predicted molar refractivity (Wildman–Crippen MR) is 82.3 cm³/mol. The van der Waals surface area contributed by atoms with Crippen LogP contribution in [0.15, 0.2) is 18.2 Å². The highest BCUT2D eigenvalue weighted by molar-refractivity contribution is 5.50. The molecule has 1 aromatic carbocycles. The summed E-state index contributed by atoms with van der Waals surface area (Å²) in [4.78, 5) is 2.26. The van der Waals surface area contributed by atoms with Crippen LogP contribution in [0.1, 0.15) is 25.0 Å². The highest BCUT2D eigenvalue weighted by Gasteiger charge is 2.08. The number of hydrogen-bond donors (Lipinski definition) is 1. The third-order valence-electron chi connectivity index (χ3n) is 3.28. The Morgan fingerprint density at radius 1 is 1.05 bits per heavy atom. The summed E-state index contributed by atoms with van der Waals surface area (Å²) in [6, 6.07) is 6.15. The molecule has 0 spiro atoms. The van der Waals surface area contributed by atoms with Crippen LogP contribution in [-0.4, -0.2) is 44.6 Å². The first-order valence-electron chi connectivity index (χ1n) is 7.33. The van der Waals surface area contributed by atoms with E-state index in [1.54, 1.807) is 0 Å². The van der Waals surface area contributed by atoms with E-state index in [-0.39, 0.29) is 6.61 Å². The van der Waals surface area contributed by atoms with Crippen LogP contribution in [-0.2, 0) is 16.1 Å². The van der Waals surface area contributed by atoms with Crippen molar-refractivity contribution in [1.82, 2.24) is 0 Å². The molecule has 0 aliphatic rings. The Morgan fingerprint density at radius 3 is 2.10 bits per heavy atom. The predicted octanol–water partition coefficient (Wildman–Crippen LogP) is 2.37. The third-order valence-corrected chi connectivity index (χ3v) is 3.28. The van der Waals surface area contributed by atoms with Crippen LogP contribution >= 0.6 is 0 Å². The molecule has 20 heavy (non-hydrogen) atoms. The first-order valence-corrected chi connectivity index (χ1v) is 7.33. The van der Waals surface area contributed by atoms with Gasteiger partial charge in [0.1, 0.15) is 0 Å². The van der Waals surface area contributed by atoms with Gasteiger partial charge in [0.15, 0.2) is 0 Å². The summed E-state index contributed by atoms with van der Waals surface area (Å²) < 4.78 is 10.9. The molecule has 0 amide bonds. The fourth-order valence-corrected chi connectivity index (χ4v) is 2.06. The van der Waals surface area contributed by atoms with E-state index < -0.39 is 0 Å². The number of nitrogens with zero attached hydrogens (tertiary/aromatic N) is 1. The van der Waals surface area contributed by atoms with Gasteiger partial charge in [0.25, 0.3) is 0 Å². The first kappa shape index (κ1) is 17.0. The maximum absolute atomic E-state index is 9.24. The van der Waals surface area contributed by atoms with Crippen molar-refractivity contribution in [3.05, 3.63) is 29.3 Å². The molecule has 1 N–H and O–H groups in total. The van der Waals surface area contributed by atoms with Crippen molar-refractivity contribution < 1.29 is 14.6 Å². The summed E-state index contributed by atoms with van der Waals surface area (Å²) in [6.45, 7) is 10.7. The SMILES string of the molecule is CCOCCN(CCOCC)c1ccc(CO)c(C)c1. The van der Waals surface area contributed by atoms with Crippen LogP contribution in [0.3, 0.4) is 0 Å². The van der Waals surface area contributed by atoms with Gasteiger partial charge in [-0.2, -0.15) is 0 Å². The molecule has 0 saturated heterocycles. The molecule has 0 aromatic heterocycles. The second kappa shape index (κ2) is 9.75. The van der Waals surface area contributed by atoms with Crippen LogP contribution in [0.2, 0.25) is 0 Å². The van der Waals surface area contributed by atoms with Crippen molar-refractivity contribution in [3.63, 3.8) is 0 Å². The summed E-state index contributed by atoms with van der Waals surface area (Å²) in [5.74, 6) is 0. The lowest BCUT2D eigenvalue weighted by atomic mass is 10.1. The quantitative estimate of drug-likeness (QED) is 0.669. The molecule has 0 bridgehead atoms. The fourth-order valence-electron chi connectivity index (χ4n) is 2.06. The van der Waals surface area contributed by atoms with Gasteiger partial charge in [-0.05, 0) is 44.0 Å². The van der Waals surface area contributed by atoms with E-state index in [2.05, 4.69) is 17.0 Å². The summed E-state index contributed by atoms with van der Waals surface area (Å²) >= 11 is 0. The number of aliphatic hydroxyl groups excluding tert-OH is 1. The third kappa shape index (κ3) is 5.49. The molecule has 114 valence electrons. The van der Waals surface area contributed by atoms with E-state index >= 15 is 0 Å². The van der Waals surface area contributed by atoms with Gasteiger partial charge < -0.3 is 19.5 Å². The van der Waals surface area contributed by atoms with Crippen molar-refractivity contribution in [1.29, 1.82) is 0 Å². The maximum atomic E-state index is 9.24.